The lowest BCUT2D eigenvalue weighted by molar-refractivity contribution is 0.561. The maximum absolute atomic E-state index is 12.6. The molecule has 2 heterocycles. The van der Waals surface area contributed by atoms with Gasteiger partial charge < -0.3 is 0 Å². The van der Waals surface area contributed by atoms with Crippen LogP contribution < -0.4 is 0 Å². The van der Waals surface area contributed by atoms with Gasteiger partial charge in [0, 0.05) is 41.4 Å². The van der Waals surface area contributed by atoms with Crippen molar-refractivity contribution >= 4 is 30.6 Å². The molecule has 5 rings (SSSR count). The highest BCUT2D eigenvalue weighted by Crippen LogP contribution is 2.37. The molecule has 2 aromatic heterocycles. The van der Waals surface area contributed by atoms with E-state index in [2.05, 4.69) is 9.97 Å². The molecule has 8 heteroatoms. The molecular formula is C31H28N2O4S2. The van der Waals surface area contributed by atoms with Crippen LogP contribution >= 0.6 is 0 Å². The van der Waals surface area contributed by atoms with E-state index in [9.17, 15) is 16.8 Å². The summed E-state index contributed by atoms with van der Waals surface area (Å²) in [7, 11) is -6.65. The van der Waals surface area contributed by atoms with E-state index in [1.54, 1.807) is 50.5 Å². The van der Waals surface area contributed by atoms with Crippen molar-refractivity contribution in [3.05, 3.63) is 103 Å². The predicted molar refractivity (Wildman–Crippen MR) is 157 cm³/mol. The van der Waals surface area contributed by atoms with Crippen LogP contribution in [0.15, 0.2) is 102 Å². The number of hydrogen-bond acceptors (Lipinski definition) is 6. The molecule has 5 aromatic rings. The highest BCUT2D eigenvalue weighted by molar-refractivity contribution is 7.91. The molecule has 3 aromatic carbocycles. The first-order valence-corrected chi connectivity index (χ1v) is 16.1. The normalized spacial score (nSPS) is 12.5. The molecule has 0 unspecified atom stereocenters. The van der Waals surface area contributed by atoms with Crippen LogP contribution in [0.4, 0.5) is 0 Å². The second-order valence-electron chi connectivity index (χ2n) is 10.2. The summed E-state index contributed by atoms with van der Waals surface area (Å²) in [4.78, 5) is 9.48. The SMILES string of the molecule is CC(C)(c1cc(-c2cccc(-c3cc(-c4ccc(S(C)(=O)=O)cc4)ccn3)c2)c2ncccc2c1)S(C)(=O)=O. The number of fused-ring (bicyclic) bond motifs is 1. The first-order chi connectivity index (χ1) is 18.3. The Balaban J connectivity index is 1.61. The molecule has 0 saturated heterocycles. The molecule has 6 nitrogen and oxygen atoms in total. The van der Waals surface area contributed by atoms with Crippen LogP contribution in [-0.2, 0) is 24.4 Å². The molecule has 39 heavy (non-hydrogen) atoms. The number of sulfone groups is 2. The second-order valence-corrected chi connectivity index (χ2v) is 14.8. The van der Waals surface area contributed by atoms with Crippen LogP contribution in [0.3, 0.4) is 0 Å². The Hall–Kier alpha value is -3.88. The maximum Gasteiger partial charge on any atom is 0.175 e. The van der Waals surface area contributed by atoms with Gasteiger partial charge in [-0.2, -0.15) is 0 Å². The number of nitrogens with zero attached hydrogens (tertiary/aromatic N) is 2. The second kappa shape index (κ2) is 9.70. The standard InChI is InChI=1S/C31H28N2O4S2/c1-31(2,39(4,36)37)26-18-25-9-6-15-33-30(25)28(20-26)23-7-5-8-24(17-23)29-19-22(14-16-32-29)21-10-12-27(13-11-21)38(3,34)35/h5-20H,1-4H3. The van der Waals surface area contributed by atoms with E-state index < -0.39 is 24.4 Å². The highest BCUT2D eigenvalue weighted by atomic mass is 32.2. The molecule has 0 saturated carbocycles. The molecule has 0 aliphatic rings. The van der Waals surface area contributed by atoms with Gasteiger partial charge in [-0.3, -0.25) is 9.97 Å². The van der Waals surface area contributed by atoms with Crippen LogP contribution in [0, 0.1) is 0 Å². The van der Waals surface area contributed by atoms with Gasteiger partial charge >= 0.3 is 0 Å². The van der Waals surface area contributed by atoms with Gasteiger partial charge in [0.2, 0.25) is 0 Å². The topological polar surface area (TPSA) is 94.1 Å². The summed E-state index contributed by atoms with van der Waals surface area (Å²) in [5.74, 6) is 0. The average molecular weight is 557 g/mol. The van der Waals surface area contributed by atoms with Crippen molar-refractivity contribution in [3.63, 3.8) is 0 Å². The summed E-state index contributed by atoms with van der Waals surface area (Å²) in [6.07, 6.45) is 5.91. The molecular weight excluding hydrogens is 528 g/mol. The smallest absolute Gasteiger partial charge is 0.175 e. The van der Waals surface area contributed by atoms with Gasteiger partial charge in [-0.15, -0.1) is 0 Å². The van der Waals surface area contributed by atoms with Gasteiger partial charge in [-0.25, -0.2) is 16.8 Å². The zero-order valence-electron chi connectivity index (χ0n) is 22.1. The van der Waals surface area contributed by atoms with E-state index in [1.165, 1.54) is 12.5 Å². The van der Waals surface area contributed by atoms with Crippen molar-refractivity contribution in [2.75, 3.05) is 12.5 Å². The maximum atomic E-state index is 12.6. The number of pyridine rings is 2. The third kappa shape index (κ3) is 5.22. The fourth-order valence-corrected chi connectivity index (χ4v) is 5.66. The number of aromatic nitrogens is 2. The summed E-state index contributed by atoms with van der Waals surface area (Å²) in [6, 6.07) is 26.2. The molecule has 0 aliphatic carbocycles. The van der Waals surface area contributed by atoms with Crippen LogP contribution in [0.2, 0.25) is 0 Å². The van der Waals surface area contributed by atoms with E-state index in [0.717, 1.165) is 44.4 Å². The minimum absolute atomic E-state index is 0.273. The fourth-order valence-electron chi connectivity index (χ4n) is 4.48. The average Bonchev–Trinajstić information content (AvgIpc) is 2.91. The van der Waals surface area contributed by atoms with E-state index in [1.807, 2.05) is 60.7 Å². The summed E-state index contributed by atoms with van der Waals surface area (Å²) in [5.41, 5.74) is 6.66. The molecule has 0 fully saturated rings. The van der Waals surface area contributed by atoms with Crippen molar-refractivity contribution < 1.29 is 16.8 Å². The van der Waals surface area contributed by atoms with E-state index in [4.69, 9.17) is 0 Å². The zero-order chi connectivity index (χ0) is 28.0. The summed E-state index contributed by atoms with van der Waals surface area (Å²) >= 11 is 0. The van der Waals surface area contributed by atoms with Gasteiger partial charge in [0.1, 0.15) is 0 Å². The van der Waals surface area contributed by atoms with E-state index in [0.29, 0.717) is 5.56 Å². The lowest BCUT2D eigenvalue weighted by Gasteiger charge is -2.24. The highest BCUT2D eigenvalue weighted by Gasteiger charge is 2.33. The van der Waals surface area contributed by atoms with Gasteiger partial charge in [-0.05, 0) is 84.6 Å². The molecule has 0 N–H and O–H groups in total. The Labute approximate surface area is 229 Å². The monoisotopic (exact) mass is 556 g/mol. The number of benzene rings is 3. The molecule has 0 aliphatic heterocycles. The zero-order valence-corrected chi connectivity index (χ0v) is 23.7. The molecule has 0 amide bonds. The van der Waals surface area contributed by atoms with Crippen molar-refractivity contribution in [1.29, 1.82) is 0 Å². The molecule has 0 atom stereocenters. The summed E-state index contributed by atoms with van der Waals surface area (Å²) in [6.45, 7) is 3.44. The Bertz CT molecular complexity index is 1930. The molecule has 0 radical (unpaired) electrons. The Morgan fingerprint density at radius 1 is 0.641 bits per heavy atom. The fraction of sp³-hybridized carbons (Fsp3) is 0.161. The predicted octanol–water partition coefficient (Wildman–Crippen LogP) is 6.31. The first-order valence-electron chi connectivity index (χ1n) is 12.3. The van der Waals surface area contributed by atoms with Crippen molar-refractivity contribution in [1.82, 2.24) is 9.97 Å². The van der Waals surface area contributed by atoms with Crippen molar-refractivity contribution in [2.24, 2.45) is 0 Å². The minimum atomic E-state index is -3.38. The Kier molecular flexibility index (Phi) is 6.64. The van der Waals surface area contributed by atoms with Gasteiger partial charge in [-0.1, -0.05) is 36.4 Å². The van der Waals surface area contributed by atoms with E-state index >= 15 is 0 Å². The quantitative estimate of drug-likeness (QED) is 0.243. The van der Waals surface area contributed by atoms with Crippen LogP contribution in [0.1, 0.15) is 19.4 Å². The van der Waals surface area contributed by atoms with Crippen LogP contribution in [0.25, 0.3) is 44.4 Å². The van der Waals surface area contributed by atoms with Crippen molar-refractivity contribution in [2.45, 2.75) is 23.5 Å². The van der Waals surface area contributed by atoms with Crippen LogP contribution in [-0.4, -0.2) is 39.3 Å². The molecule has 0 spiro atoms. The first kappa shape index (κ1) is 26.7. The van der Waals surface area contributed by atoms with Gasteiger partial charge in [0.05, 0.1) is 20.9 Å². The largest absolute Gasteiger partial charge is 0.256 e. The van der Waals surface area contributed by atoms with Gasteiger partial charge in [0.25, 0.3) is 0 Å². The van der Waals surface area contributed by atoms with Crippen LogP contribution in [0.5, 0.6) is 0 Å². The Morgan fingerprint density at radius 2 is 1.36 bits per heavy atom. The van der Waals surface area contributed by atoms with Crippen molar-refractivity contribution in [3.8, 4) is 33.5 Å². The third-order valence-electron chi connectivity index (χ3n) is 7.17. The third-order valence-corrected chi connectivity index (χ3v) is 10.4. The lowest BCUT2D eigenvalue weighted by atomic mass is 9.92. The minimum Gasteiger partial charge on any atom is -0.256 e. The molecule has 198 valence electrons. The Morgan fingerprint density at radius 3 is 2.05 bits per heavy atom. The van der Waals surface area contributed by atoms with Gasteiger partial charge in [0.15, 0.2) is 19.7 Å². The number of rotatable bonds is 6. The molecule has 0 bridgehead atoms. The summed E-state index contributed by atoms with van der Waals surface area (Å²) < 4.78 is 47.9. The van der Waals surface area contributed by atoms with E-state index in [-0.39, 0.29) is 4.90 Å². The summed E-state index contributed by atoms with van der Waals surface area (Å²) in [5, 5.41) is 0.866. The lowest BCUT2D eigenvalue weighted by Crippen LogP contribution is -2.28. The number of hydrogen-bond donors (Lipinski definition) is 0.